The van der Waals surface area contributed by atoms with Crippen molar-refractivity contribution in [3.05, 3.63) is 42.1 Å². The molecule has 3 rings (SSSR count). The normalized spacial score (nSPS) is 15.0. The molecule has 1 aliphatic rings. The zero-order chi connectivity index (χ0) is 17.9. The van der Waals surface area contributed by atoms with E-state index in [1.165, 1.54) is 25.3 Å². The highest BCUT2D eigenvalue weighted by Crippen LogP contribution is 2.24. The highest BCUT2D eigenvalue weighted by atomic mass is 32.2. The van der Waals surface area contributed by atoms with Crippen molar-refractivity contribution in [2.24, 2.45) is 0 Å². The molecule has 2 aromatic rings. The van der Waals surface area contributed by atoms with Gasteiger partial charge in [0.2, 0.25) is 0 Å². The van der Waals surface area contributed by atoms with E-state index in [9.17, 15) is 8.42 Å². The van der Waals surface area contributed by atoms with Crippen LogP contribution in [-0.2, 0) is 10.0 Å². The fourth-order valence-corrected chi connectivity index (χ4v) is 4.09. The van der Waals surface area contributed by atoms with Crippen molar-refractivity contribution in [1.82, 2.24) is 4.98 Å². The quantitative estimate of drug-likeness (QED) is 0.885. The monoisotopic (exact) mass is 361 g/mol. The lowest BCUT2D eigenvalue weighted by atomic mass is 10.1. The Morgan fingerprint density at radius 2 is 1.88 bits per heavy atom. The summed E-state index contributed by atoms with van der Waals surface area (Å²) in [6.07, 6.45) is 5.36. The molecule has 6 nitrogen and oxygen atoms in total. The number of hydrogen-bond acceptors (Lipinski definition) is 5. The summed E-state index contributed by atoms with van der Waals surface area (Å²) in [5, 5.41) is 0. The van der Waals surface area contributed by atoms with Crippen molar-refractivity contribution in [2.75, 3.05) is 29.8 Å². The summed E-state index contributed by atoms with van der Waals surface area (Å²) >= 11 is 0. The lowest BCUT2D eigenvalue weighted by Gasteiger charge is -2.28. The number of aromatic nitrogens is 1. The number of ether oxygens (including phenoxy) is 1. The van der Waals surface area contributed by atoms with Crippen LogP contribution in [0.15, 0.2) is 41.4 Å². The molecule has 1 aromatic carbocycles. The molecule has 0 spiro atoms. The topological polar surface area (TPSA) is 71.5 Å². The minimum absolute atomic E-state index is 0.188. The predicted molar refractivity (Wildman–Crippen MR) is 98.8 cm³/mol. The van der Waals surface area contributed by atoms with Crippen LogP contribution < -0.4 is 14.4 Å². The minimum atomic E-state index is -3.68. The van der Waals surface area contributed by atoms with E-state index in [1.54, 1.807) is 31.5 Å². The Morgan fingerprint density at radius 3 is 2.48 bits per heavy atom. The zero-order valence-corrected chi connectivity index (χ0v) is 15.3. The van der Waals surface area contributed by atoms with Gasteiger partial charge < -0.3 is 9.64 Å². The van der Waals surface area contributed by atoms with E-state index in [0.29, 0.717) is 11.6 Å². The predicted octanol–water partition coefficient (Wildman–Crippen LogP) is 3.19. The van der Waals surface area contributed by atoms with Gasteiger partial charge in [0.15, 0.2) is 0 Å². The first kappa shape index (κ1) is 17.5. The number of methoxy groups -OCH3 is 1. The van der Waals surface area contributed by atoms with Crippen molar-refractivity contribution in [1.29, 1.82) is 0 Å². The second-order valence-electron chi connectivity index (χ2n) is 6.19. The number of sulfonamides is 1. The summed E-state index contributed by atoms with van der Waals surface area (Å²) in [6, 6.07) is 8.38. The van der Waals surface area contributed by atoms with E-state index >= 15 is 0 Å². The first-order valence-electron chi connectivity index (χ1n) is 8.38. The number of nitrogens with one attached hydrogen (secondary N) is 1. The second-order valence-corrected chi connectivity index (χ2v) is 7.87. The minimum Gasteiger partial charge on any atom is -0.496 e. The summed E-state index contributed by atoms with van der Waals surface area (Å²) in [5.74, 6) is 0.970. The number of hydrogen-bond donors (Lipinski definition) is 1. The third kappa shape index (κ3) is 4.04. The van der Waals surface area contributed by atoms with Crippen molar-refractivity contribution in [3.8, 4) is 5.75 Å². The maximum absolute atomic E-state index is 12.5. The number of pyridine rings is 1. The lowest BCUT2D eigenvalue weighted by Crippen LogP contribution is -2.29. The summed E-state index contributed by atoms with van der Waals surface area (Å²) in [7, 11) is -2.12. The summed E-state index contributed by atoms with van der Waals surface area (Å²) in [6.45, 7) is 3.86. The van der Waals surface area contributed by atoms with Crippen LogP contribution in [0.3, 0.4) is 0 Å². The molecule has 0 saturated carbocycles. The van der Waals surface area contributed by atoms with Gasteiger partial charge in [0, 0.05) is 13.1 Å². The third-order valence-electron chi connectivity index (χ3n) is 4.38. The van der Waals surface area contributed by atoms with Gasteiger partial charge in [0.25, 0.3) is 10.0 Å². The molecule has 1 saturated heterocycles. The highest BCUT2D eigenvalue weighted by Gasteiger charge is 2.17. The van der Waals surface area contributed by atoms with Gasteiger partial charge >= 0.3 is 0 Å². The van der Waals surface area contributed by atoms with Crippen molar-refractivity contribution < 1.29 is 13.2 Å². The molecule has 1 aromatic heterocycles. The van der Waals surface area contributed by atoms with Gasteiger partial charge in [0.05, 0.1) is 23.9 Å². The van der Waals surface area contributed by atoms with Crippen LogP contribution in [0, 0.1) is 6.92 Å². The molecule has 134 valence electrons. The van der Waals surface area contributed by atoms with E-state index < -0.39 is 10.0 Å². The maximum atomic E-state index is 12.5. The molecule has 0 atom stereocenters. The van der Waals surface area contributed by atoms with E-state index in [1.807, 2.05) is 13.0 Å². The molecule has 25 heavy (non-hydrogen) atoms. The average molecular weight is 361 g/mol. The zero-order valence-electron chi connectivity index (χ0n) is 14.5. The van der Waals surface area contributed by atoms with Gasteiger partial charge in [-0.2, -0.15) is 0 Å². The number of benzene rings is 1. The molecule has 7 heteroatoms. The number of rotatable bonds is 5. The molecule has 0 amide bonds. The molecule has 1 fully saturated rings. The number of piperidine rings is 1. The largest absolute Gasteiger partial charge is 0.496 e. The van der Waals surface area contributed by atoms with E-state index in [4.69, 9.17) is 4.74 Å². The van der Waals surface area contributed by atoms with Crippen molar-refractivity contribution in [2.45, 2.75) is 31.1 Å². The Balaban J connectivity index is 1.75. The summed E-state index contributed by atoms with van der Waals surface area (Å²) in [4.78, 5) is 6.73. The van der Waals surface area contributed by atoms with Crippen LogP contribution in [0.2, 0.25) is 0 Å². The van der Waals surface area contributed by atoms with Gasteiger partial charge in [-0.15, -0.1) is 0 Å². The van der Waals surface area contributed by atoms with Gasteiger partial charge in [-0.3, -0.25) is 4.72 Å². The first-order valence-corrected chi connectivity index (χ1v) is 9.86. The fraction of sp³-hybridized carbons (Fsp3) is 0.389. The van der Waals surface area contributed by atoms with Gasteiger partial charge in [-0.25, -0.2) is 13.4 Å². The molecule has 0 bridgehead atoms. The Morgan fingerprint density at radius 1 is 1.12 bits per heavy atom. The Hall–Kier alpha value is -2.28. The SMILES string of the molecule is COc1ccc(S(=O)(=O)Nc2ccc(N3CCCCC3)cn2)cc1C. The van der Waals surface area contributed by atoms with Crippen LogP contribution >= 0.6 is 0 Å². The smallest absolute Gasteiger partial charge is 0.263 e. The Labute approximate surface area is 148 Å². The van der Waals surface area contributed by atoms with Crippen LogP contribution in [-0.4, -0.2) is 33.6 Å². The molecule has 2 heterocycles. The van der Waals surface area contributed by atoms with Crippen molar-refractivity contribution in [3.63, 3.8) is 0 Å². The van der Waals surface area contributed by atoms with Crippen molar-refractivity contribution >= 4 is 21.5 Å². The maximum Gasteiger partial charge on any atom is 0.263 e. The van der Waals surface area contributed by atoms with Crippen LogP contribution in [0.4, 0.5) is 11.5 Å². The van der Waals surface area contributed by atoms with Gasteiger partial charge in [-0.1, -0.05) is 0 Å². The molecule has 1 N–H and O–H groups in total. The number of aryl methyl sites for hydroxylation is 1. The molecule has 1 aliphatic heterocycles. The van der Waals surface area contributed by atoms with Gasteiger partial charge in [-0.05, 0) is 62.1 Å². The Kier molecular flexibility index (Phi) is 5.13. The summed E-state index contributed by atoms with van der Waals surface area (Å²) in [5.41, 5.74) is 1.79. The molecule has 0 unspecified atom stereocenters. The number of anilines is 2. The molecular formula is C18H23N3O3S. The van der Waals surface area contributed by atoms with Crippen LogP contribution in [0.1, 0.15) is 24.8 Å². The number of nitrogens with zero attached hydrogens (tertiary/aromatic N) is 2. The standard InChI is InChI=1S/C18H23N3O3S/c1-14-12-16(7-8-17(14)24-2)25(22,23)20-18-9-6-15(13-19-18)21-10-4-3-5-11-21/h6-9,12-13H,3-5,10-11H2,1-2H3,(H,19,20). The molecule has 0 aliphatic carbocycles. The van der Waals surface area contributed by atoms with Crippen LogP contribution in [0.5, 0.6) is 5.75 Å². The summed E-state index contributed by atoms with van der Waals surface area (Å²) < 4.78 is 32.8. The average Bonchev–Trinajstić information content (AvgIpc) is 2.62. The van der Waals surface area contributed by atoms with Crippen LogP contribution in [0.25, 0.3) is 0 Å². The molecule has 0 radical (unpaired) electrons. The first-order chi connectivity index (χ1) is 12.0. The molecular weight excluding hydrogens is 338 g/mol. The second kappa shape index (κ2) is 7.31. The fourth-order valence-electron chi connectivity index (χ4n) is 3.00. The van der Waals surface area contributed by atoms with E-state index in [-0.39, 0.29) is 4.90 Å². The van der Waals surface area contributed by atoms with E-state index in [2.05, 4.69) is 14.6 Å². The third-order valence-corrected chi connectivity index (χ3v) is 5.74. The van der Waals surface area contributed by atoms with Gasteiger partial charge in [0.1, 0.15) is 11.6 Å². The highest BCUT2D eigenvalue weighted by molar-refractivity contribution is 7.92. The van der Waals surface area contributed by atoms with E-state index in [0.717, 1.165) is 24.3 Å². The lowest BCUT2D eigenvalue weighted by molar-refractivity contribution is 0.411. The Bertz CT molecular complexity index is 829.